The number of nitrogens with zero attached hydrogens (tertiary/aromatic N) is 3. The van der Waals surface area contributed by atoms with E-state index in [4.69, 9.17) is 45.0 Å². The highest BCUT2D eigenvalue weighted by Gasteiger charge is 2.34. The van der Waals surface area contributed by atoms with Gasteiger partial charge in [0.2, 0.25) is 0 Å². The van der Waals surface area contributed by atoms with E-state index in [9.17, 15) is 0 Å². The van der Waals surface area contributed by atoms with Crippen molar-refractivity contribution < 1.29 is 0 Å². The van der Waals surface area contributed by atoms with Crippen LogP contribution in [0, 0.1) is 11.6 Å². The Hall–Kier alpha value is 1.41. The zero-order chi connectivity index (χ0) is 12.6. The van der Waals surface area contributed by atoms with Crippen LogP contribution in [-0.2, 0) is 0 Å². The van der Waals surface area contributed by atoms with Crippen LogP contribution in [0.1, 0.15) is 20.8 Å². The second-order valence-corrected chi connectivity index (χ2v) is 16.5. The average Bonchev–Trinajstić information content (AvgIpc) is 1.97. The Labute approximate surface area is 115 Å². The van der Waals surface area contributed by atoms with E-state index in [0.29, 0.717) is 0 Å². The third-order valence-corrected chi connectivity index (χ3v) is 14.2. The fourth-order valence-corrected chi connectivity index (χ4v) is 17.2. The molecule has 1 rings (SSSR count). The van der Waals surface area contributed by atoms with Gasteiger partial charge >= 0.3 is 0 Å². The summed E-state index contributed by atoms with van der Waals surface area (Å²) < 4.78 is 12.6. The molecule has 0 N–H and O–H groups in total. The normalized spacial score (nSPS) is 30.5. The molecule has 16 heavy (non-hydrogen) atoms. The van der Waals surface area contributed by atoms with Crippen LogP contribution in [0.4, 0.5) is 0 Å². The van der Waals surface area contributed by atoms with Crippen LogP contribution >= 0.6 is 64.0 Å². The van der Waals surface area contributed by atoms with Gasteiger partial charge in [-0.3, -0.25) is 0 Å². The Bertz CT molecular complexity index is 507. The largest absolute Gasteiger partial charge is 0.256 e. The van der Waals surface area contributed by atoms with E-state index in [1.807, 2.05) is 13.8 Å². The lowest BCUT2D eigenvalue weighted by Gasteiger charge is -2.25. The SMILES string of the molecule is CC#CP1(C(C)C)=NP(Cl)(Cl)=NP(Cl)(Cl)=N1. The molecule has 0 aromatic heterocycles. The van der Waals surface area contributed by atoms with E-state index in [-0.39, 0.29) is 5.66 Å². The molecular formula is C6H10Cl4N3P3. The number of rotatable bonds is 1. The minimum absolute atomic E-state index is 0.0872. The molecule has 0 bridgehead atoms. The average molecular weight is 359 g/mol. The molecule has 0 saturated heterocycles. The quantitative estimate of drug-likeness (QED) is 0.347. The summed E-state index contributed by atoms with van der Waals surface area (Å²) in [5, 5.41) is 0. The Morgan fingerprint density at radius 3 is 1.81 bits per heavy atom. The van der Waals surface area contributed by atoms with Crippen LogP contribution in [0.2, 0.25) is 0 Å². The van der Waals surface area contributed by atoms with Crippen LogP contribution in [0.5, 0.6) is 0 Å². The highest BCUT2D eigenvalue weighted by molar-refractivity contribution is 8.21. The van der Waals surface area contributed by atoms with Crippen molar-refractivity contribution in [1.29, 1.82) is 0 Å². The molecule has 0 radical (unpaired) electrons. The van der Waals surface area contributed by atoms with Gasteiger partial charge in [0.1, 0.15) is 0 Å². The maximum atomic E-state index is 6.02. The van der Waals surface area contributed by atoms with Gasteiger partial charge in [0.25, 0.3) is 11.8 Å². The lowest BCUT2D eigenvalue weighted by Crippen LogP contribution is -1.94. The Kier molecular flexibility index (Phi) is 5.01. The van der Waals surface area contributed by atoms with Gasteiger partial charge in [0.15, 0.2) is 7.21 Å². The van der Waals surface area contributed by atoms with E-state index in [2.05, 4.69) is 25.1 Å². The van der Waals surface area contributed by atoms with Crippen molar-refractivity contribution in [2.75, 3.05) is 0 Å². The van der Waals surface area contributed by atoms with Gasteiger partial charge in [-0.25, -0.2) is 9.03 Å². The van der Waals surface area contributed by atoms with E-state index in [1.165, 1.54) is 0 Å². The van der Waals surface area contributed by atoms with Gasteiger partial charge in [0.05, 0.1) is 0 Å². The highest BCUT2D eigenvalue weighted by Crippen LogP contribution is 2.85. The molecule has 0 amide bonds. The molecule has 3 nitrogen and oxygen atoms in total. The van der Waals surface area contributed by atoms with Crippen LogP contribution in [-0.4, -0.2) is 5.66 Å². The van der Waals surface area contributed by atoms with Gasteiger partial charge in [-0.05, 0) is 57.5 Å². The third-order valence-electron chi connectivity index (χ3n) is 1.70. The van der Waals surface area contributed by atoms with Gasteiger partial charge in [-0.1, -0.05) is 19.8 Å². The molecule has 0 aromatic carbocycles. The number of halogens is 4. The molecule has 0 spiro atoms. The molecule has 0 saturated carbocycles. The fraction of sp³-hybridized carbons (Fsp3) is 0.667. The topological polar surface area (TPSA) is 37.1 Å². The molecule has 1 atom stereocenters. The van der Waals surface area contributed by atoms with Crippen molar-refractivity contribution in [3.05, 3.63) is 0 Å². The third kappa shape index (κ3) is 3.70. The Balaban J connectivity index is 3.67. The molecule has 92 valence electrons. The van der Waals surface area contributed by atoms with Crippen LogP contribution in [0.25, 0.3) is 0 Å². The van der Waals surface area contributed by atoms with Crippen molar-refractivity contribution in [2.24, 2.45) is 13.5 Å². The highest BCUT2D eigenvalue weighted by atomic mass is 35.9. The lowest BCUT2D eigenvalue weighted by molar-refractivity contribution is 1.08. The summed E-state index contributed by atoms with van der Waals surface area (Å²) in [5.74, 6) is -2.85. The number of hydrogen-bond acceptors (Lipinski definition) is 3. The fourth-order valence-electron chi connectivity index (χ4n) is 1.06. The van der Waals surface area contributed by atoms with Crippen LogP contribution in [0.15, 0.2) is 13.5 Å². The summed E-state index contributed by atoms with van der Waals surface area (Å²) in [6.07, 6.45) is 0. The number of hydrogen-bond donors (Lipinski definition) is 0. The van der Waals surface area contributed by atoms with Crippen molar-refractivity contribution in [3.63, 3.8) is 0 Å². The Morgan fingerprint density at radius 1 is 0.938 bits per heavy atom. The van der Waals surface area contributed by atoms with Gasteiger partial charge < -0.3 is 0 Å². The first-order valence-corrected chi connectivity index (χ1v) is 13.0. The molecule has 1 aliphatic heterocycles. The summed E-state index contributed by atoms with van der Waals surface area (Å²) in [6, 6.07) is 0. The van der Waals surface area contributed by atoms with E-state index in [0.717, 1.165) is 0 Å². The Morgan fingerprint density at radius 2 is 1.44 bits per heavy atom. The summed E-state index contributed by atoms with van der Waals surface area (Å²) in [4.78, 5) is 0. The minimum atomic E-state index is -2.83. The standard InChI is InChI=1S/C6H10Cl4N3P3/c1-4-5-14(6(2)3)11-15(7,8)13-16(9,10)12-14/h6H,1-3H3. The van der Waals surface area contributed by atoms with E-state index >= 15 is 0 Å². The summed E-state index contributed by atoms with van der Waals surface area (Å²) >= 11 is 24.1. The molecule has 1 aliphatic rings. The van der Waals surface area contributed by atoms with E-state index in [1.54, 1.807) is 6.92 Å². The second kappa shape index (κ2) is 5.19. The van der Waals surface area contributed by atoms with Crippen molar-refractivity contribution >= 4 is 64.0 Å². The molecule has 10 heteroatoms. The molecule has 1 heterocycles. The monoisotopic (exact) mass is 357 g/mol. The first-order chi connectivity index (χ1) is 7.13. The van der Waals surface area contributed by atoms with Crippen molar-refractivity contribution in [3.8, 4) is 11.6 Å². The predicted molar refractivity (Wildman–Crippen MR) is 80.0 cm³/mol. The lowest BCUT2D eigenvalue weighted by atomic mass is 10.6. The molecule has 0 aromatic rings. The molecular weight excluding hydrogens is 349 g/mol. The zero-order valence-electron chi connectivity index (χ0n) is 8.77. The minimum Gasteiger partial charge on any atom is -0.201 e. The van der Waals surface area contributed by atoms with Crippen LogP contribution < -0.4 is 0 Å². The zero-order valence-corrected chi connectivity index (χ0v) is 14.5. The molecule has 0 aliphatic carbocycles. The first-order valence-electron chi connectivity index (χ1n) is 4.26. The molecule has 0 fully saturated rings. The summed E-state index contributed by atoms with van der Waals surface area (Å²) in [5.41, 5.74) is 3.08. The maximum absolute atomic E-state index is 6.02. The van der Waals surface area contributed by atoms with Gasteiger partial charge in [-0.15, -0.1) is 0 Å². The maximum Gasteiger partial charge on any atom is 0.256 e. The van der Waals surface area contributed by atoms with Crippen LogP contribution in [0.3, 0.4) is 0 Å². The van der Waals surface area contributed by atoms with Gasteiger partial charge in [0, 0.05) is 5.66 Å². The summed E-state index contributed by atoms with van der Waals surface area (Å²) in [6.45, 7) is 5.63. The second-order valence-electron chi connectivity index (χ2n) is 3.28. The first kappa shape index (κ1) is 15.5. The smallest absolute Gasteiger partial charge is 0.201 e. The van der Waals surface area contributed by atoms with Gasteiger partial charge in [-0.2, -0.15) is 4.52 Å². The van der Waals surface area contributed by atoms with Crippen molar-refractivity contribution in [1.82, 2.24) is 0 Å². The predicted octanol–water partition coefficient (Wildman–Crippen LogP) is 7.35. The summed E-state index contributed by atoms with van der Waals surface area (Å²) in [7, 11) is -2.34. The van der Waals surface area contributed by atoms with E-state index < -0.39 is 19.0 Å². The molecule has 1 unspecified atom stereocenters. The van der Waals surface area contributed by atoms with Crippen molar-refractivity contribution in [2.45, 2.75) is 26.4 Å².